The number of H-pyrrole nitrogens is 1. The number of esters is 1. The average Bonchev–Trinajstić information content (AvgIpc) is 3.19. The van der Waals surface area contributed by atoms with Crippen molar-refractivity contribution in [3.8, 4) is 17.2 Å². The van der Waals surface area contributed by atoms with Gasteiger partial charge in [-0.25, -0.2) is 4.79 Å². The predicted molar refractivity (Wildman–Crippen MR) is 123 cm³/mol. The molecule has 2 aromatic carbocycles. The third-order valence-electron chi connectivity index (χ3n) is 6.10. The minimum absolute atomic E-state index is 0.0130. The summed E-state index contributed by atoms with van der Waals surface area (Å²) in [6.07, 6.45) is 0.977. The van der Waals surface area contributed by atoms with Crippen LogP contribution in [-0.4, -0.2) is 38.1 Å². The van der Waals surface area contributed by atoms with Crippen LogP contribution in [0.3, 0.4) is 0 Å². The highest BCUT2D eigenvalue weighted by molar-refractivity contribution is 6.03. The van der Waals surface area contributed by atoms with Crippen molar-refractivity contribution in [2.75, 3.05) is 21.3 Å². The van der Waals surface area contributed by atoms with Crippen molar-refractivity contribution < 1.29 is 28.5 Å². The maximum atomic E-state index is 13.0. The number of ketones is 1. The van der Waals surface area contributed by atoms with E-state index in [1.54, 1.807) is 28.3 Å². The number of ether oxygens (including phenoxy) is 4. The highest BCUT2D eigenvalue weighted by Gasteiger charge is 2.32. The van der Waals surface area contributed by atoms with Crippen LogP contribution in [0.25, 0.3) is 0 Å². The molecule has 1 atom stereocenters. The monoisotopic (exact) mass is 449 g/mol. The van der Waals surface area contributed by atoms with E-state index >= 15 is 0 Å². The predicted octanol–water partition coefficient (Wildman–Crippen LogP) is 4.62. The van der Waals surface area contributed by atoms with E-state index in [1.165, 1.54) is 0 Å². The van der Waals surface area contributed by atoms with Gasteiger partial charge in [0.05, 0.1) is 21.3 Å². The number of aromatic nitrogens is 1. The van der Waals surface area contributed by atoms with Gasteiger partial charge in [0.15, 0.2) is 17.3 Å². The molecule has 0 bridgehead atoms. The van der Waals surface area contributed by atoms with E-state index in [-0.39, 0.29) is 18.3 Å². The minimum Gasteiger partial charge on any atom is -0.497 e. The quantitative estimate of drug-likeness (QED) is 0.530. The summed E-state index contributed by atoms with van der Waals surface area (Å²) in [6.45, 7) is 1.92. The number of benzene rings is 2. The van der Waals surface area contributed by atoms with Gasteiger partial charge in [0.2, 0.25) is 0 Å². The second-order valence-electron chi connectivity index (χ2n) is 8.05. The standard InChI is InChI=1S/C26H27NO6/c1-15-24-20(27-25(15)26(29)33-14-16-5-8-19(30-2)9-6-16)11-18(12-21(24)28)17-7-10-22(31-3)23(13-17)32-4/h5-10,13,18,27H,11-12,14H2,1-4H3/t18-/m1/s1. The maximum absolute atomic E-state index is 13.0. The Kier molecular flexibility index (Phi) is 6.40. The van der Waals surface area contributed by atoms with Gasteiger partial charge >= 0.3 is 5.97 Å². The van der Waals surface area contributed by atoms with Gasteiger partial charge in [-0.2, -0.15) is 0 Å². The van der Waals surface area contributed by atoms with E-state index in [0.717, 1.165) is 22.6 Å². The van der Waals surface area contributed by atoms with E-state index in [1.807, 2.05) is 42.5 Å². The zero-order valence-electron chi connectivity index (χ0n) is 19.2. The Morgan fingerprint density at radius 2 is 1.70 bits per heavy atom. The van der Waals surface area contributed by atoms with Gasteiger partial charge in [0, 0.05) is 17.7 Å². The zero-order chi connectivity index (χ0) is 23.5. The molecule has 1 N–H and O–H groups in total. The van der Waals surface area contributed by atoms with Crippen molar-refractivity contribution in [3.05, 3.63) is 76.1 Å². The summed E-state index contributed by atoms with van der Waals surface area (Å²) in [5, 5.41) is 0. The van der Waals surface area contributed by atoms with E-state index in [4.69, 9.17) is 18.9 Å². The summed E-state index contributed by atoms with van der Waals surface area (Å²) < 4.78 is 21.4. The molecule has 1 aliphatic rings. The lowest BCUT2D eigenvalue weighted by atomic mass is 9.81. The molecular formula is C26H27NO6. The number of carbonyl (C=O) groups is 2. The van der Waals surface area contributed by atoms with Crippen LogP contribution in [0.2, 0.25) is 0 Å². The lowest BCUT2D eigenvalue weighted by molar-refractivity contribution is 0.0465. The van der Waals surface area contributed by atoms with Crippen LogP contribution < -0.4 is 14.2 Å². The second kappa shape index (κ2) is 9.40. The Balaban J connectivity index is 1.52. The van der Waals surface area contributed by atoms with Crippen LogP contribution in [0.4, 0.5) is 0 Å². The summed E-state index contributed by atoms with van der Waals surface area (Å²) in [7, 11) is 4.77. The van der Waals surface area contributed by atoms with Crippen molar-refractivity contribution in [3.63, 3.8) is 0 Å². The molecule has 0 saturated heterocycles. The largest absolute Gasteiger partial charge is 0.497 e. The van der Waals surface area contributed by atoms with Crippen LogP contribution in [0.15, 0.2) is 42.5 Å². The Morgan fingerprint density at radius 3 is 2.36 bits per heavy atom. The number of fused-ring (bicyclic) bond motifs is 1. The van der Waals surface area contributed by atoms with Crippen molar-refractivity contribution in [1.82, 2.24) is 4.98 Å². The molecule has 33 heavy (non-hydrogen) atoms. The molecule has 0 radical (unpaired) electrons. The molecule has 7 heteroatoms. The summed E-state index contributed by atoms with van der Waals surface area (Å²) in [4.78, 5) is 28.9. The van der Waals surface area contributed by atoms with Gasteiger partial charge < -0.3 is 23.9 Å². The van der Waals surface area contributed by atoms with Crippen molar-refractivity contribution in [2.24, 2.45) is 0 Å². The SMILES string of the molecule is COc1ccc(COC(=O)c2[nH]c3c(c2C)C(=O)C[C@H](c2ccc(OC)c(OC)c2)C3)cc1. The Hall–Kier alpha value is -3.74. The highest BCUT2D eigenvalue weighted by atomic mass is 16.5. The first-order chi connectivity index (χ1) is 15.9. The van der Waals surface area contributed by atoms with Gasteiger partial charge in [0.1, 0.15) is 18.1 Å². The van der Waals surface area contributed by atoms with Crippen molar-refractivity contribution in [1.29, 1.82) is 0 Å². The van der Waals surface area contributed by atoms with Gasteiger partial charge in [-0.15, -0.1) is 0 Å². The number of nitrogens with one attached hydrogen (secondary N) is 1. The van der Waals surface area contributed by atoms with E-state index in [9.17, 15) is 9.59 Å². The molecule has 1 aromatic heterocycles. The number of aromatic amines is 1. The zero-order valence-corrected chi connectivity index (χ0v) is 19.2. The number of methoxy groups -OCH3 is 3. The van der Waals surface area contributed by atoms with Crippen LogP contribution >= 0.6 is 0 Å². The van der Waals surface area contributed by atoms with Crippen molar-refractivity contribution in [2.45, 2.75) is 32.3 Å². The molecule has 1 heterocycles. The molecule has 172 valence electrons. The molecule has 0 amide bonds. The summed E-state index contributed by atoms with van der Waals surface area (Å²) >= 11 is 0. The number of Topliss-reactive ketones (excluding diaryl/α,β-unsaturated/α-hetero) is 1. The molecule has 0 unspecified atom stereocenters. The first-order valence-corrected chi connectivity index (χ1v) is 10.7. The van der Waals surface area contributed by atoms with Gasteiger partial charge in [-0.3, -0.25) is 4.79 Å². The van der Waals surface area contributed by atoms with Gasteiger partial charge in [0.25, 0.3) is 0 Å². The molecule has 7 nitrogen and oxygen atoms in total. The second-order valence-corrected chi connectivity index (χ2v) is 8.05. The number of hydrogen-bond acceptors (Lipinski definition) is 6. The third kappa shape index (κ3) is 4.44. The fourth-order valence-corrected chi connectivity index (χ4v) is 4.32. The number of hydrogen-bond donors (Lipinski definition) is 1. The van der Waals surface area contributed by atoms with E-state index < -0.39 is 5.97 Å². The molecular weight excluding hydrogens is 422 g/mol. The van der Waals surface area contributed by atoms with E-state index in [2.05, 4.69) is 4.98 Å². The normalized spacial score (nSPS) is 15.0. The van der Waals surface area contributed by atoms with E-state index in [0.29, 0.717) is 41.2 Å². The van der Waals surface area contributed by atoms with Crippen LogP contribution in [0.1, 0.15) is 55.6 Å². The third-order valence-corrected chi connectivity index (χ3v) is 6.10. The first-order valence-electron chi connectivity index (χ1n) is 10.7. The highest BCUT2D eigenvalue weighted by Crippen LogP contribution is 2.38. The lowest BCUT2D eigenvalue weighted by Gasteiger charge is -2.23. The molecule has 0 saturated carbocycles. The summed E-state index contributed by atoms with van der Waals surface area (Å²) in [5.41, 5.74) is 4.17. The molecule has 1 aliphatic carbocycles. The average molecular weight is 450 g/mol. The topological polar surface area (TPSA) is 86.9 Å². The minimum atomic E-state index is -0.479. The first kappa shape index (κ1) is 22.5. The number of rotatable bonds is 7. The lowest BCUT2D eigenvalue weighted by Crippen LogP contribution is -2.18. The molecule has 0 spiro atoms. The van der Waals surface area contributed by atoms with Crippen molar-refractivity contribution >= 4 is 11.8 Å². The van der Waals surface area contributed by atoms with Crippen LogP contribution in [0, 0.1) is 6.92 Å². The Labute approximate surface area is 192 Å². The molecule has 0 aliphatic heterocycles. The molecule has 4 rings (SSSR count). The van der Waals surface area contributed by atoms with Crippen LogP contribution in [0.5, 0.6) is 17.2 Å². The Morgan fingerprint density at radius 1 is 0.970 bits per heavy atom. The molecule has 0 fully saturated rings. The Bertz CT molecular complexity index is 1180. The van der Waals surface area contributed by atoms with Crippen LogP contribution in [-0.2, 0) is 17.8 Å². The summed E-state index contributed by atoms with van der Waals surface area (Å²) in [6, 6.07) is 13.0. The number of carbonyl (C=O) groups excluding carboxylic acids is 2. The summed E-state index contributed by atoms with van der Waals surface area (Å²) in [5.74, 6) is 1.51. The molecule has 3 aromatic rings. The maximum Gasteiger partial charge on any atom is 0.355 e. The fraction of sp³-hybridized carbons (Fsp3) is 0.308. The van der Waals surface area contributed by atoms with Gasteiger partial charge in [-0.1, -0.05) is 18.2 Å². The smallest absolute Gasteiger partial charge is 0.355 e. The van der Waals surface area contributed by atoms with Gasteiger partial charge in [-0.05, 0) is 60.2 Å². The fourth-order valence-electron chi connectivity index (χ4n) is 4.32.